The number of nitrogens with zero attached hydrogens (tertiary/aromatic N) is 3. The number of aromatic nitrogens is 3. The largest absolute Gasteiger partial charge is 0.255 e. The van der Waals surface area contributed by atoms with Crippen LogP contribution in [-0.2, 0) is 16.6 Å². The van der Waals surface area contributed by atoms with Gasteiger partial charge in [0.1, 0.15) is 12.1 Å². The molecule has 0 saturated heterocycles. The Kier molecular flexibility index (Phi) is 4.89. The van der Waals surface area contributed by atoms with Crippen LogP contribution in [0.2, 0.25) is 0 Å². The molecule has 0 aliphatic rings. The first-order valence-corrected chi connectivity index (χ1v) is 8.29. The molecule has 0 aliphatic heterocycles. The third kappa shape index (κ3) is 4.52. The van der Waals surface area contributed by atoms with Crippen molar-refractivity contribution in [1.29, 1.82) is 0 Å². The molecular formula is C13H17FN4O2S. The number of hydrogen-bond acceptors (Lipinski definition) is 4. The van der Waals surface area contributed by atoms with Gasteiger partial charge in [0.2, 0.25) is 10.0 Å². The van der Waals surface area contributed by atoms with Crippen molar-refractivity contribution in [2.24, 2.45) is 0 Å². The lowest BCUT2D eigenvalue weighted by atomic mass is 10.2. The fourth-order valence-electron chi connectivity index (χ4n) is 1.74. The standard InChI is InChI=1S/C13H17FN4O2S/c1-2-3-8-21(19,20)17-13-15-10-18(16-13)9-11-6-4-5-7-12(11)14/h4-7,10H,2-3,8-9H2,1H3,(H,16,17). The molecule has 0 atom stereocenters. The summed E-state index contributed by atoms with van der Waals surface area (Å²) in [5.41, 5.74) is 0.461. The fourth-order valence-corrected chi connectivity index (χ4v) is 2.89. The van der Waals surface area contributed by atoms with Crippen LogP contribution in [0.5, 0.6) is 0 Å². The number of halogens is 1. The zero-order chi connectivity index (χ0) is 15.3. The Bertz CT molecular complexity index is 700. The van der Waals surface area contributed by atoms with Crippen molar-refractivity contribution >= 4 is 16.0 Å². The van der Waals surface area contributed by atoms with Gasteiger partial charge in [0.15, 0.2) is 0 Å². The van der Waals surface area contributed by atoms with Crippen LogP contribution in [0, 0.1) is 5.82 Å². The van der Waals surface area contributed by atoms with Crippen LogP contribution in [0.4, 0.5) is 10.3 Å². The summed E-state index contributed by atoms with van der Waals surface area (Å²) in [7, 11) is -3.43. The summed E-state index contributed by atoms with van der Waals surface area (Å²) < 4.78 is 40.7. The SMILES string of the molecule is CCCCS(=O)(=O)Nc1ncn(Cc2ccccc2F)n1. The minimum atomic E-state index is -3.43. The van der Waals surface area contributed by atoms with Crippen molar-refractivity contribution < 1.29 is 12.8 Å². The number of rotatable bonds is 7. The van der Waals surface area contributed by atoms with Crippen LogP contribution in [-0.4, -0.2) is 28.9 Å². The van der Waals surface area contributed by atoms with E-state index in [-0.39, 0.29) is 24.1 Å². The highest BCUT2D eigenvalue weighted by atomic mass is 32.2. The van der Waals surface area contributed by atoms with Gasteiger partial charge in [0.05, 0.1) is 12.3 Å². The number of sulfonamides is 1. The van der Waals surface area contributed by atoms with Gasteiger partial charge in [-0.1, -0.05) is 31.5 Å². The van der Waals surface area contributed by atoms with Crippen LogP contribution in [0.25, 0.3) is 0 Å². The molecule has 114 valence electrons. The average molecular weight is 312 g/mol. The predicted molar refractivity (Wildman–Crippen MR) is 77.8 cm³/mol. The number of hydrogen-bond donors (Lipinski definition) is 1. The van der Waals surface area contributed by atoms with Crippen molar-refractivity contribution in [3.63, 3.8) is 0 Å². The Hall–Kier alpha value is -1.96. The molecule has 6 nitrogen and oxygen atoms in total. The van der Waals surface area contributed by atoms with E-state index in [1.54, 1.807) is 18.2 Å². The maximum absolute atomic E-state index is 13.5. The van der Waals surface area contributed by atoms with Gasteiger partial charge in [-0.2, -0.15) is 4.98 Å². The molecule has 0 radical (unpaired) electrons. The van der Waals surface area contributed by atoms with E-state index >= 15 is 0 Å². The molecule has 1 heterocycles. The van der Waals surface area contributed by atoms with Gasteiger partial charge in [-0.3, -0.25) is 0 Å². The van der Waals surface area contributed by atoms with Crippen LogP contribution in [0.1, 0.15) is 25.3 Å². The third-order valence-electron chi connectivity index (χ3n) is 2.84. The number of benzene rings is 1. The topological polar surface area (TPSA) is 76.9 Å². The summed E-state index contributed by atoms with van der Waals surface area (Å²) in [4.78, 5) is 3.87. The normalized spacial score (nSPS) is 11.5. The highest BCUT2D eigenvalue weighted by Crippen LogP contribution is 2.09. The Balaban J connectivity index is 2.03. The zero-order valence-corrected chi connectivity index (χ0v) is 12.5. The molecule has 0 aliphatic carbocycles. The Morgan fingerprint density at radius 2 is 2.10 bits per heavy atom. The van der Waals surface area contributed by atoms with E-state index in [1.165, 1.54) is 17.1 Å². The van der Waals surface area contributed by atoms with Crippen LogP contribution < -0.4 is 4.72 Å². The first-order valence-electron chi connectivity index (χ1n) is 6.63. The van der Waals surface area contributed by atoms with Gasteiger partial charge in [-0.05, 0) is 12.5 Å². The fraction of sp³-hybridized carbons (Fsp3) is 0.385. The second-order valence-corrected chi connectivity index (χ2v) is 6.47. The zero-order valence-electron chi connectivity index (χ0n) is 11.7. The number of unbranched alkanes of at least 4 members (excludes halogenated alkanes) is 1. The van der Waals surface area contributed by atoms with Crippen LogP contribution in [0.15, 0.2) is 30.6 Å². The van der Waals surface area contributed by atoms with E-state index in [0.29, 0.717) is 12.0 Å². The van der Waals surface area contributed by atoms with E-state index in [1.807, 2.05) is 6.92 Å². The summed E-state index contributed by atoms with van der Waals surface area (Å²) in [5, 5.41) is 3.99. The average Bonchev–Trinajstić information content (AvgIpc) is 2.86. The minimum absolute atomic E-state index is 0.00226. The summed E-state index contributed by atoms with van der Waals surface area (Å²) in [5.74, 6) is -0.300. The second kappa shape index (κ2) is 6.66. The van der Waals surface area contributed by atoms with Crippen molar-refractivity contribution in [2.45, 2.75) is 26.3 Å². The van der Waals surface area contributed by atoms with E-state index in [2.05, 4.69) is 14.8 Å². The molecule has 0 unspecified atom stereocenters. The first kappa shape index (κ1) is 15.4. The van der Waals surface area contributed by atoms with E-state index < -0.39 is 10.0 Å². The molecular weight excluding hydrogens is 295 g/mol. The van der Waals surface area contributed by atoms with Gasteiger partial charge >= 0.3 is 0 Å². The van der Waals surface area contributed by atoms with E-state index in [4.69, 9.17) is 0 Å². The Labute approximate surface area is 123 Å². The summed E-state index contributed by atoms with van der Waals surface area (Å²) >= 11 is 0. The molecule has 0 spiro atoms. The molecule has 2 aromatic rings. The van der Waals surface area contributed by atoms with Crippen LogP contribution in [0.3, 0.4) is 0 Å². The van der Waals surface area contributed by atoms with Gasteiger partial charge in [0, 0.05) is 5.56 Å². The van der Waals surface area contributed by atoms with Crippen molar-refractivity contribution in [1.82, 2.24) is 14.8 Å². The highest BCUT2D eigenvalue weighted by Gasteiger charge is 2.13. The number of anilines is 1. The highest BCUT2D eigenvalue weighted by molar-refractivity contribution is 7.92. The molecule has 8 heteroatoms. The summed E-state index contributed by atoms with van der Waals surface area (Å²) in [6.07, 6.45) is 2.73. The lowest BCUT2D eigenvalue weighted by molar-refractivity contribution is 0.584. The van der Waals surface area contributed by atoms with Gasteiger partial charge in [-0.25, -0.2) is 22.2 Å². The van der Waals surface area contributed by atoms with E-state index in [9.17, 15) is 12.8 Å². The summed E-state index contributed by atoms with van der Waals surface area (Å²) in [6, 6.07) is 6.33. The Morgan fingerprint density at radius 1 is 1.33 bits per heavy atom. The molecule has 0 amide bonds. The van der Waals surface area contributed by atoms with E-state index in [0.717, 1.165) is 6.42 Å². The second-order valence-electron chi connectivity index (χ2n) is 4.63. The van der Waals surface area contributed by atoms with Crippen molar-refractivity contribution in [2.75, 3.05) is 10.5 Å². The third-order valence-corrected chi connectivity index (χ3v) is 4.16. The lowest BCUT2D eigenvalue weighted by Gasteiger charge is -2.04. The molecule has 1 N–H and O–H groups in total. The molecule has 0 fully saturated rings. The van der Waals surface area contributed by atoms with Gasteiger partial charge < -0.3 is 0 Å². The van der Waals surface area contributed by atoms with Gasteiger partial charge in [-0.15, -0.1) is 5.10 Å². The predicted octanol–water partition coefficient (Wildman–Crippen LogP) is 2.01. The maximum Gasteiger partial charge on any atom is 0.255 e. The minimum Gasteiger partial charge on any atom is -0.250 e. The first-order chi connectivity index (χ1) is 10.00. The molecule has 1 aromatic heterocycles. The van der Waals surface area contributed by atoms with Gasteiger partial charge in [0.25, 0.3) is 5.95 Å². The van der Waals surface area contributed by atoms with Crippen LogP contribution >= 0.6 is 0 Å². The quantitative estimate of drug-likeness (QED) is 0.848. The lowest BCUT2D eigenvalue weighted by Crippen LogP contribution is -2.17. The van der Waals surface area contributed by atoms with Crippen molar-refractivity contribution in [3.05, 3.63) is 42.0 Å². The molecule has 0 saturated carbocycles. The number of nitrogens with one attached hydrogen (secondary N) is 1. The smallest absolute Gasteiger partial charge is 0.250 e. The monoisotopic (exact) mass is 312 g/mol. The van der Waals surface area contributed by atoms with Crippen molar-refractivity contribution in [3.8, 4) is 0 Å². The molecule has 0 bridgehead atoms. The summed E-state index contributed by atoms with van der Waals surface area (Å²) in [6.45, 7) is 2.10. The molecule has 1 aromatic carbocycles. The maximum atomic E-state index is 13.5. The molecule has 2 rings (SSSR count). The molecule has 21 heavy (non-hydrogen) atoms. The Morgan fingerprint density at radius 3 is 2.81 bits per heavy atom.